The molecule has 0 N–H and O–H groups in total. The maximum Gasteiger partial charge on any atom is 0.304 e. The van der Waals surface area contributed by atoms with Gasteiger partial charge in [-0.3, -0.25) is 0 Å². The Kier molecular flexibility index (Phi) is 4.89. The first-order chi connectivity index (χ1) is 13.7. The van der Waals surface area contributed by atoms with Crippen LogP contribution in [0.2, 0.25) is 0 Å². The normalized spacial score (nSPS) is 10.6. The molecule has 0 saturated heterocycles. The molecule has 2 heterocycles. The van der Waals surface area contributed by atoms with Crippen LogP contribution < -0.4 is 14.2 Å². The van der Waals surface area contributed by atoms with Crippen molar-refractivity contribution in [3.63, 3.8) is 0 Å². The fraction of sp³-hybridized carbons (Fsp3) is 0.0435. The number of pyridine rings is 2. The predicted molar refractivity (Wildman–Crippen MR) is 105 cm³/mol. The Bertz CT molecular complexity index is 1080. The van der Waals surface area contributed by atoms with Crippen molar-refractivity contribution in [3.8, 4) is 28.1 Å². The van der Waals surface area contributed by atoms with Crippen LogP contribution in [0.25, 0.3) is 22.4 Å². The number of nitrogens with zero attached hydrogens (tertiary/aromatic N) is 2. The molecule has 2 aromatic carbocycles. The van der Waals surface area contributed by atoms with Crippen molar-refractivity contribution in [2.45, 2.75) is 6.61 Å². The van der Waals surface area contributed by atoms with Gasteiger partial charge in [0, 0.05) is 11.6 Å². The molecule has 4 rings (SSSR count). The van der Waals surface area contributed by atoms with Crippen molar-refractivity contribution in [1.29, 1.82) is 0 Å². The van der Waals surface area contributed by atoms with Crippen molar-refractivity contribution in [1.82, 2.24) is 0 Å². The topological polar surface area (TPSA) is 63.1 Å². The molecular weight excluding hydrogens is 352 g/mol. The fourth-order valence-electron chi connectivity index (χ4n) is 2.92. The molecule has 2 aromatic heterocycles. The van der Waals surface area contributed by atoms with Gasteiger partial charge in [0.05, 0.1) is 0 Å². The molecule has 0 aliphatic rings. The number of rotatable bonds is 5. The van der Waals surface area contributed by atoms with Crippen LogP contribution in [0.15, 0.2) is 91.3 Å². The van der Waals surface area contributed by atoms with Gasteiger partial charge in [0.15, 0.2) is 11.9 Å². The smallest absolute Gasteiger partial charge is 0.304 e. The molecule has 0 bridgehead atoms. The van der Waals surface area contributed by atoms with Crippen LogP contribution in [-0.4, -0.2) is 0 Å². The van der Waals surface area contributed by atoms with Gasteiger partial charge in [-0.1, -0.05) is 60.7 Å². The standard InChI is InChI=1S/C23H17N2O3/c26-24-14-20(19-9-5-2-6-10-19)13-21(15-24)23-12-11-22(16-25(23)27)28-17-18-7-3-1-4-8-18/h1-14,16H,17H2. The lowest BCUT2D eigenvalue weighted by Crippen LogP contribution is -2.31. The van der Waals surface area contributed by atoms with E-state index in [0.29, 0.717) is 38.6 Å². The Hall–Kier alpha value is -3.86. The third-order valence-corrected chi connectivity index (χ3v) is 4.31. The summed E-state index contributed by atoms with van der Waals surface area (Å²) in [4.78, 5) is 0. The van der Waals surface area contributed by atoms with E-state index in [9.17, 15) is 10.4 Å². The molecule has 137 valence electrons. The van der Waals surface area contributed by atoms with E-state index in [2.05, 4.69) is 6.20 Å². The van der Waals surface area contributed by atoms with Crippen molar-refractivity contribution >= 4 is 0 Å². The van der Waals surface area contributed by atoms with Crippen LogP contribution in [0.5, 0.6) is 5.75 Å². The molecule has 0 saturated carbocycles. The molecule has 0 amide bonds. The van der Waals surface area contributed by atoms with Crippen molar-refractivity contribution in [3.05, 3.63) is 113 Å². The van der Waals surface area contributed by atoms with E-state index in [0.717, 1.165) is 11.1 Å². The summed E-state index contributed by atoms with van der Waals surface area (Å²) in [6.07, 6.45) is 5.44. The van der Waals surface area contributed by atoms with Crippen LogP contribution in [0.1, 0.15) is 5.56 Å². The summed E-state index contributed by atoms with van der Waals surface area (Å²) in [5.41, 5.74) is 3.37. The third kappa shape index (κ3) is 3.94. The van der Waals surface area contributed by atoms with E-state index < -0.39 is 0 Å². The largest absolute Gasteiger partial charge is 0.618 e. The first kappa shape index (κ1) is 17.5. The first-order valence-electron chi connectivity index (χ1n) is 8.81. The van der Waals surface area contributed by atoms with Crippen LogP contribution in [0.4, 0.5) is 0 Å². The number of ether oxygens (including phenoxy) is 1. The van der Waals surface area contributed by atoms with Crippen molar-refractivity contribution < 1.29 is 14.2 Å². The van der Waals surface area contributed by atoms with E-state index in [4.69, 9.17) is 4.74 Å². The Morgan fingerprint density at radius 3 is 2.21 bits per heavy atom. The summed E-state index contributed by atoms with van der Waals surface area (Å²) < 4.78 is 6.97. The average Bonchev–Trinajstić information content (AvgIpc) is 2.73. The minimum Gasteiger partial charge on any atom is -0.618 e. The van der Waals surface area contributed by atoms with Gasteiger partial charge in [-0.15, -0.1) is 0 Å². The highest BCUT2D eigenvalue weighted by molar-refractivity contribution is 5.67. The summed E-state index contributed by atoms with van der Waals surface area (Å²) in [5, 5.41) is 24.5. The van der Waals surface area contributed by atoms with Gasteiger partial charge >= 0.3 is 6.20 Å². The molecule has 0 fully saturated rings. The maximum atomic E-state index is 12.5. The summed E-state index contributed by atoms with van der Waals surface area (Å²) in [5.74, 6) is 0.455. The highest BCUT2D eigenvalue weighted by Gasteiger charge is 2.17. The van der Waals surface area contributed by atoms with E-state index in [1.165, 1.54) is 12.4 Å². The van der Waals surface area contributed by atoms with E-state index in [1.807, 2.05) is 60.7 Å². The van der Waals surface area contributed by atoms with Crippen LogP contribution in [0.3, 0.4) is 0 Å². The molecule has 0 aliphatic heterocycles. The number of aromatic nitrogens is 2. The summed E-state index contributed by atoms with van der Waals surface area (Å²) in [7, 11) is 0. The molecule has 0 atom stereocenters. The maximum absolute atomic E-state index is 12.5. The van der Waals surface area contributed by atoms with Crippen molar-refractivity contribution in [2.24, 2.45) is 0 Å². The van der Waals surface area contributed by atoms with Crippen LogP contribution in [-0.2, 0) is 6.61 Å². The van der Waals surface area contributed by atoms with Gasteiger partial charge in [0.25, 0.3) is 0 Å². The highest BCUT2D eigenvalue weighted by Crippen LogP contribution is 2.23. The fourth-order valence-corrected chi connectivity index (χ4v) is 2.92. The second kappa shape index (κ2) is 7.80. The van der Waals surface area contributed by atoms with E-state index in [-0.39, 0.29) is 0 Å². The second-order valence-corrected chi connectivity index (χ2v) is 6.30. The molecule has 0 aliphatic carbocycles. The Labute approximate surface area is 162 Å². The lowest BCUT2D eigenvalue weighted by molar-refractivity contribution is -0.611. The summed E-state index contributed by atoms with van der Waals surface area (Å²) in [6, 6.07) is 24.4. The monoisotopic (exact) mass is 369 g/mol. The number of hydrogen-bond acceptors (Lipinski definition) is 3. The zero-order valence-corrected chi connectivity index (χ0v) is 15.0. The summed E-state index contributed by atoms with van der Waals surface area (Å²) >= 11 is 0. The molecule has 0 spiro atoms. The van der Waals surface area contributed by atoms with Crippen molar-refractivity contribution in [2.75, 3.05) is 0 Å². The van der Waals surface area contributed by atoms with Gasteiger partial charge in [0.2, 0.25) is 11.9 Å². The molecule has 5 heteroatoms. The van der Waals surface area contributed by atoms with Gasteiger partial charge in [-0.25, -0.2) is 0 Å². The lowest BCUT2D eigenvalue weighted by atomic mass is 10.0. The Morgan fingerprint density at radius 1 is 0.786 bits per heavy atom. The number of benzene rings is 2. The molecular formula is C23H17N2O3. The zero-order valence-electron chi connectivity index (χ0n) is 15.0. The van der Waals surface area contributed by atoms with Gasteiger partial charge in [0.1, 0.15) is 12.2 Å². The van der Waals surface area contributed by atoms with Gasteiger partial charge < -0.3 is 15.2 Å². The first-order valence-corrected chi connectivity index (χ1v) is 8.81. The van der Waals surface area contributed by atoms with Gasteiger partial charge in [-0.05, 0) is 23.3 Å². The molecule has 28 heavy (non-hydrogen) atoms. The van der Waals surface area contributed by atoms with Gasteiger partial charge in [-0.2, -0.15) is 9.46 Å². The van der Waals surface area contributed by atoms with Crippen LogP contribution in [0, 0.1) is 16.6 Å². The van der Waals surface area contributed by atoms with E-state index in [1.54, 1.807) is 18.2 Å². The Balaban J connectivity index is 1.60. The highest BCUT2D eigenvalue weighted by atomic mass is 16.5. The van der Waals surface area contributed by atoms with Crippen LogP contribution >= 0.6 is 0 Å². The van der Waals surface area contributed by atoms with E-state index >= 15 is 0 Å². The minimum absolute atomic E-state index is 0.328. The zero-order chi connectivity index (χ0) is 19.3. The Morgan fingerprint density at radius 2 is 1.50 bits per heavy atom. The minimum atomic E-state index is 0.328. The SMILES string of the molecule is [O-][n+]1[c]c(-c2ccc(OCc3ccccc3)c[n+]2[O-])cc(-c2ccccc2)c1. The molecule has 5 nitrogen and oxygen atoms in total. The average molecular weight is 369 g/mol. The third-order valence-electron chi connectivity index (χ3n) is 4.31. The predicted octanol–water partition coefficient (Wildman–Crippen LogP) is 3.67. The molecule has 4 aromatic rings. The molecule has 1 radical (unpaired) electrons. The quantitative estimate of drug-likeness (QED) is 0.398. The second-order valence-electron chi connectivity index (χ2n) is 6.30. The molecule has 0 unspecified atom stereocenters. The summed E-state index contributed by atoms with van der Waals surface area (Å²) in [6.45, 7) is 0.371. The number of hydrogen-bond donors (Lipinski definition) is 0. The lowest BCUT2D eigenvalue weighted by Gasteiger charge is -2.09.